The van der Waals surface area contributed by atoms with Crippen LogP contribution in [-0.2, 0) is 13.1 Å². The third kappa shape index (κ3) is 5.00. The molecule has 1 fully saturated rings. The first-order valence-electron chi connectivity index (χ1n) is 8.64. The summed E-state index contributed by atoms with van der Waals surface area (Å²) in [7, 11) is 0. The number of halogens is 1. The molecule has 1 aromatic carbocycles. The van der Waals surface area contributed by atoms with E-state index in [-0.39, 0.29) is 30.1 Å². The molecule has 0 unspecified atom stereocenters. The summed E-state index contributed by atoms with van der Waals surface area (Å²) in [4.78, 5) is 30.9. The average molecular weight is 376 g/mol. The number of urea groups is 1. The number of nitrogens with zero attached hydrogens (tertiary/aromatic N) is 4. The van der Waals surface area contributed by atoms with Gasteiger partial charge in [0, 0.05) is 38.3 Å². The maximum Gasteiger partial charge on any atom is 0.317 e. The van der Waals surface area contributed by atoms with E-state index in [1.807, 2.05) is 6.07 Å². The van der Waals surface area contributed by atoms with Crippen LogP contribution in [0, 0.1) is 5.82 Å². The summed E-state index contributed by atoms with van der Waals surface area (Å²) in [6.07, 6.45) is 0.786. The molecule has 1 aliphatic heterocycles. The van der Waals surface area contributed by atoms with Crippen LogP contribution in [0.2, 0.25) is 0 Å². The van der Waals surface area contributed by atoms with E-state index in [1.54, 1.807) is 17.0 Å². The highest BCUT2D eigenvalue weighted by atomic mass is 19.1. The molecule has 0 aliphatic carbocycles. The van der Waals surface area contributed by atoms with Crippen molar-refractivity contribution < 1.29 is 18.5 Å². The van der Waals surface area contributed by atoms with Crippen molar-refractivity contribution in [2.75, 3.05) is 26.2 Å². The predicted octanol–water partition coefficient (Wildman–Crippen LogP) is 0.725. The van der Waals surface area contributed by atoms with Gasteiger partial charge in [-0.25, -0.2) is 9.18 Å². The summed E-state index contributed by atoms with van der Waals surface area (Å²) >= 11 is 0. The highest BCUT2D eigenvalue weighted by Gasteiger charge is 2.20. The molecular formula is C17H21FN6O3. The minimum absolute atomic E-state index is 0.00849. The van der Waals surface area contributed by atoms with Crippen LogP contribution in [0.15, 0.2) is 28.8 Å². The number of aromatic nitrogens is 2. The van der Waals surface area contributed by atoms with E-state index in [0.717, 1.165) is 13.0 Å². The van der Waals surface area contributed by atoms with E-state index in [2.05, 4.69) is 20.4 Å². The fraction of sp³-hybridized carbons (Fsp3) is 0.412. The molecule has 3 N–H and O–H groups in total. The fourth-order valence-electron chi connectivity index (χ4n) is 2.89. The zero-order valence-corrected chi connectivity index (χ0v) is 14.7. The first-order valence-corrected chi connectivity index (χ1v) is 8.64. The molecule has 9 nitrogen and oxygen atoms in total. The number of rotatable bonds is 5. The van der Waals surface area contributed by atoms with Crippen molar-refractivity contribution in [2.24, 2.45) is 5.73 Å². The standard InChI is InChI=1S/C17H21FN6O3/c18-13-5-2-1-4-12(13)11-23-6-3-7-24(9-8-23)17(26)20-10-14-21-16(15(19)25)22-27-14/h1-2,4-5H,3,6-11H2,(H2,19,25)(H,20,26). The second-order valence-electron chi connectivity index (χ2n) is 6.24. The monoisotopic (exact) mass is 376 g/mol. The molecule has 0 bridgehead atoms. The van der Waals surface area contributed by atoms with Gasteiger partial charge < -0.3 is 20.5 Å². The normalized spacial score (nSPS) is 15.4. The maximum atomic E-state index is 13.8. The van der Waals surface area contributed by atoms with Gasteiger partial charge >= 0.3 is 6.03 Å². The van der Waals surface area contributed by atoms with Crippen molar-refractivity contribution in [2.45, 2.75) is 19.5 Å². The van der Waals surface area contributed by atoms with Crippen molar-refractivity contribution in [3.63, 3.8) is 0 Å². The molecule has 1 aliphatic rings. The molecule has 3 rings (SSSR count). The zero-order valence-electron chi connectivity index (χ0n) is 14.7. The number of amides is 3. The van der Waals surface area contributed by atoms with Crippen LogP contribution in [0.1, 0.15) is 28.5 Å². The molecule has 1 saturated heterocycles. The Balaban J connectivity index is 1.49. The number of hydrogen-bond acceptors (Lipinski definition) is 6. The van der Waals surface area contributed by atoms with Gasteiger partial charge in [-0.1, -0.05) is 23.4 Å². The lowest BCUT2D eigenvalue weighted by atomic mass is 10.2. The number of carbonyl (C=O) groups is 2. The Hall–Kier alpha value is -3.01. The lowest BCUT2D eigenvalue weighted by Gasteiger charge is -2.22. The van der Waals surface area contributed by atoms with Gasteiger partial charge in [0.15, 0.2) is 0 Å². The maximum absolute atomic E-state index is 13.8. The summed E-state index contributed by atoms with van der Waals surface area (Å²) in [5.41, 5.74) is 5.70. The van der Waals surface area contributed by atoms with E-state index in [9.17, 15) is 14.0 Å². The van der Waals surface area contributed by atoms with Gasteiger partial charge in [0.1, 0.15) is 5.82 Å². The largest absolute Gasteiger partial charge is 0.363 e. The van der Waals surface area contributed by atoms with Crippen molar-refractivity contribution in [3.8, 4) is 0 Å². The Bertz CT molecular complexity index is 811. The smallest absolute Gasteiger partial charge is 0.317 e. The van der Waals surface area contributed by atoms with Crippen LogP contribution in [0.5, 0.6) is 0 Å². The highest BCUT2D eigenvalue weighted by Crippen LogP contribution is 2.12. The van der Waals surface area contributed by atoms with Gasteiger partial charge in [0.25, 0.3) is 11.7 Å². The molecule has 0 saturated carbocycles. The molecule has 3 amide bonds. The molecule has 10 heteroatoms. The van der Waals surface area contributed by atoms with Gasteiger partial charge in [-0.15, -0.1) is 0 Å². The van der Waals surface area contributed by atoms with E-state index >= 15 is 0 Å². The number of nitrogens with two attached hydrogens (primary N) is 1. The molecule has 2 heterocycles. The minimum Gasteiger partial charge on any atom is -0.363 e. The molecular weight excluding hydrogens is 355 g/mol. The Morgan fingerprint density at radius 3 is 2.78 bits per heavy atom. The van der Waals surface area contributed by atoms with Crippen LogP contribution >= 0.6 is 0 Å². The molecule has 1 aromatic heterocycles. The number of nitrogens with one attached hydrogen (secondary N) is 1. The third-order valence-corrected chi connectivity index (χ3v) is 4.31. The van der Waals surface area contributed by atoms with E-state index < -0.39 is 5.91 Å². The van der Waals surface area contributed by atoms with Gasteiger partial charge in [-0.2, -0.15) is 4.98 Å². The van der Waals surface area contributed by atoms with Crippen LogP contribution < -0.4 is 11.1 Å². The zero-order chi connectivity index (χ0) is 19.2. The van der Waals surface area contributed by atoms with E-state index in [1.165, 1.54) is 6.07 Å². The number of benzene rings is 1. The van der Waals surface area contributed by atoms with Crippen LogP contribution in [0.4, 0.5) is 9.18 Å². The average Bonchev–Trinajstić information content (AvgIpc) is 3.01. The van der Waals surface area contributed by atoms with E-state index in [0.29, 0.717) is 31.7 Å². The second kappa shape index (κ2) is 8.58. The lowest BCUT2D eigenvalue weighted by molar-refractivity contribution is 0.0987. The van der Waals surface area contributed by atoms with Crippen molar-refractivity contribution >= 4 is 11.9 Å². The van der Waals surface area contributed by atoms with Gasteiger partial charge in [-0.05, 0) is 12.5 Å². The van der Waals surface area contributed by atoms with Crippen LogP contribution in [-0.4, -0.2) is 58.1 Å². The predicted molar refractivity (Wildman–Crippen MR) is 92.9 cm³/mol. The molecule has 0 spiro atoms. The summed E-state index contributed by atoms with van der Waals surface area (Å²) in [6.45, 7) is 3.07. The SMILES string of the molecule is NC(=O)c1noc(CNC(=O)N2CCCN(Cc3ccccc3F)CC2)n1. The Labute approximate surface area is 155 Å². The highest BCUT2D eigenvalue weighted by molar-refractivity contribution is 5.88. The minimum atomic E-state index is -0.793. The Morgan fingerprint density at radius 2 is 2.04 bits per heavy atom. The Morgan fingerprint density at radius 1 is 1.22 bits per heavy atom. The lowest BCUT2D eigenvalue weighted by Crippen LogP contribution is -2.41. The molecule has 0 radical (unpaired) electrons. The van der Waals surface area contributed by atoms with Crippen LogP contribution in [0.3, 0.4) is 0 Å². The quantitative estimate of drug-likeness (QED) is 0.794. The van der Waals surface area contributed by atoms with Crippen molar-refractivity contribution in [3.05, 3.63) is 47.4 Å². The Kier molecular flexibility index (Phi) is 5.97. The fourth-order valence-corrected chi connectivity index (χ4v) is 2.89. The molecule has 2 aromatic rings. The number of primary amides is 1. The van der Waals surface area contributed by atoms with Crippen LogP contribution in [0.25, 0.3) is 0 Å². The topological polar surface area (TPSA) is 118 Å². The second-order valence-corrected chi connectivity index (χ2v) is 6.24. The van der Waals surface area contributed by atoms with E-state index in [4.69, 9.17) is 10.3 Å². The van der Waals surface area contributed by atoms with Crippen molar-refractivity contribution in [1.82, 2.24) is 25.3 Å². The third-order valence-electron chi connectivity index (χ3n) is 4.31. The summed E-state index contributed by atoms with van der Waals surface area (Å²) in [6, 6.07) is 6.45. The number of carbonyl (C=O) groups excluding carboxylic acids is 2. The molecule has 144 valence electrons. The van der Waals surface area contributed by atoms with Gasteiger partial charge in [0.2, 0.25) is 5.89 Å². The van der Waals surface area contributed by atoms with Gasteiger partial charge in [-0.3, -0.25) is 9.69 Å². The summed E-state index contributed by atoms with van der Waals surface area (Å²) in [5, 5.41) is 6.10. The van der Waals surface area contributed by atoms with Crippen molar-refractivity contribution in [1.29, 1.82) is 0 Å². The molecule has 0 atom stereocenters. The molecule has 27 heavy (non-hydrogen) atoms. The number of hydrogen-bond donors (Lipinski definition) is 2. The van der Waals surface area contributed by atoms with Gasteiger partial charge in [0.05, 0.1) is 6.54 Å². The first kappa shape index (κ1) is 18.8. The summed E-state index contributed by atoms with van der Waals surface area (Å²) < 4.78 is 18.7. The summed E-state index contributed by atoms with van der Waals surface area (Å²) in [5.74, 6) is -1.13. The first-order chi connectivity index (χ1) is 13.0.